The van der Waals surface area contributed by atoms with Crippen LogP contribution in [0.15, 0.2) is 42.0 Å². The Hall–Kier alpha value is -3.52. The third kappa shape index (κ3) is 5.27. The zero-order valence-corrected chi connectivity index (χ0v) is 21.0. The van der Waals surface area contributed by atoms with Gasteiger partial charge in [0.15, 0.2) is 11.5 Å². The van der Waals surface area contributed by atoms with Crippen LogP contribution < -0.4 is 9.47 Å². The molecule has 1 saturated heterocycles. The van der Waals surface area contributed by atoms with E-state index in [1.165, 1.54) is 11.0 Å². The Balaban J connectivity index is 2.16. The zero-order valence-electron chi connectivity index (χ0n) is 21.0. The minimum Gasteiger partial charge on any atom is -0.507 e. The number of aryl methyl sites for hydroxylation is 1. The second-order valence-electron chi connectivity index (χ2n) is 8.36. The van der Waals surface area contributed by atoms with Crippen molar-refractivity contribution in [1.82, 2.24) is 9.80 Å². The Morgan fingerprint density at radius 2 is 1.77 bits per heavy atom. The maximum Gasteiger partial charge on any atom is 0.295 e. The van der Waals surface area contributed by atoms with Crippen molar-refractivity contribution >= 4 is 17.4 Å². The molecule has 0 radical (unpaired) electrons. The summed E-state index contributed by atoms with van der Waals surface area (Å²) < 4.78 is 10.8. The third-order valence-corrected chi connectivity index (χ3v) is 6.36. The van der Waals surface area contributed by atoms with Gasteiger partial charge in [0.05, 0.1) is 25.3 Å². The van der Waals surface area contributed by atoms with Crippen molar-refractivity contribution in [1.29, 1.82) is 0 Å². The maximum atomic E-state index is 13.3. The number of hydrogen-bond donors (Lipinski definition) is 2. The molecule has 1 unspecified atom stereocenters. The number of ketones is 1. The second kappa shape index (κ2) is 11.3. The first-order valence-corrected chi connectivity index (χ1v) is 11.9. The van der Waals surface area contributed by atoms with Crippen LogP contribution in [-0.4, -0.2) is 71.6 Å². The Kier molecular flexibility index (Phi) is 8.40. The van der Waals surface area contributed by atoms with Crippen LogP contribution in [0.4, 0.5) is 0 Å². The molecular weight excluding hydrogens is 448 g/mol. The van der Waals surface area contributed by atoms with E-state index in [1.54, 1.807) is 44.4 Å². The summed E-state index contributed by atoms with van der Waals surface area (Å²) >= 11 is 0. The minimum absolute atomic E-state index is 0.00671. The Morgan fingerprint density at radius 3 is 2.37 bits per heavy atom. The lowest BCUT2D eigenvalue weighted by Crippen LogP contribution is -2.38. The predicted octanol–water partition coefficient (Wildman–Crippen LogP) is 3.87. The number of likely N-dealkylation sites (tertiary alicyclic amines) is 1. The number of phenols is 1. The van der Waals surface area contributed by atoms with Crippen molar-refractivity contribution in [2.45, 2.75) is 33.7 Å². The lowest BCUT2D eigenvalue weighted by molar-refractivity contribution is -0.140. The minimum atomic E-state index is -0.826. The lowest BCUT2D eigenvalue weighted by Gasteiger charge is -2.28. The summed E-state index contributed by atoms with van der Waals surface area (Å²) in [5.74, 6) is -0.805. The molecular formula is C27H34N2O6. The summed E-state index contributed by atoms with van der Waals surface area (Å²) in [6, 6.07) is 9.00. The van der Waals surface area contributed by atoms with E-state index in [1.807, 2.05) is 20.8 Å². The van der Waals surface area contributed by atoms with E-state index in [-0.39, 0.29) is 22.8 Å². The van der Waals surface area contributed by atoms with Gasteiger partial charge in [-0.05, 0) is 68.4 Å². The molecule has 1 aliphatic rings. The molecule has 8 heteroatoms. The molecule has 8 nitrogen and oxygen atoms in total. The number of Topliss-reactive ketones (excluding diaryl/α,β-unsaturated/α-hetero) is 1. The van der Waals surface area contributed by atoms with Crippen molar-refractivity contribution in [3.63, 3.8) is 0 Å². The highest BCUT2D eigenvalue weighted by Crippen LogP contribution is 2.42. The molecule has 35 heavy (non-hydrogen) atoms. The molecule has 2 aromatic carbocycles. The van der Waals surface area contributed by atoms with Crippen molar-refractivity contribution in [2.24, 2.45) is 0 Å². The zero-order chi connectivity index (χ0) is 25.7. The number of carbonyl (C=O) groups is 2. The number of aromatic hydroxyl groups is 1. The van der Waals surface area contributed by atoms with Crippen LogP contribution in [-0.2, 0) is 9.59 Å². The number of hydrogen-bond acceptors (Lipinski definition) is 7. The average molecular weight is 483 g/mol. The fourth-order valence-electron chi connectivity index (χ4n) is 4.40. The van der Waals surface area contributed by atoms with Gasteiger partial charge in [0.25, 0.3) is 11.7 Å². The van der Waals surface area contributed by atoms with Crippen LogP contribution >= 0.6 is 0 Å². The number of rotatable bonds is 10. The molecule has 3 rings (SSSR count). The highest BCUT2D eigenvalue weighted by Gasteiger charge is 2.46. The normalized spacial score (nSPS) is 17.3. The number of nitrogens with zero attached hydrogens (tertiary/aromatic N) is 2. The maximum absolute atomic E-state index is 13.3. The second-order valence-corrected chi connectivity index (χ2v) is 8.36. The highest BCUT2D eigenvalue weighted by molar-refractivity contribution is 6.46. The SMILES string of the molecule is CCOc1cc(C2/C(=C(\O)c3ccc(OC)c(C)c3)C(=O)C(=O)N2CCN(CC)CC)ccc1O. The molecule has 1 amide bonds. The molecule has 188 valence electrons. The summed E-state index contributed by atoms with van der Waals surface area (Å²) in [5.41, 5.74) is 1.77. The van der Waals surface area contributed by atoms with Crippen LogP contribution in [0.25, 0.3) is 5.76 Å². The van der Waals surface area contributed by atoms with Crippen LogP contribution in [0.2, 0.25) is 0 Å². The fraction of sp³-hybridized carbons (Fsp3) is 0.407. The molecule has 1 fully saturated rings. The van der Waals surface area contributed by atoms with Gasteiger partial charge in [-0.1, -0.05) is 19.9 Å². The number of methoxy groups -OCH3 is 1. The van der Waals surface area contributed by atoms with Gasteiger partial charge in [-0.25, -0.2) is 0 Å². The van der Waals surface area contributed by atoms with Gasteiger partial charge in [0.1, 0.15) is 11.5 Å². The molecule has 1 aliphatic heterocycles. The molecule has 1 heterocycles. The monoisotopic (exact) mass is 482 g/mol. The molecule has 2 aromatic rings. The van der Waals surface area contributed by atoms with Crippen LogP contribution in [0.3, 0.4) is 0 Å². The number of phenolic OH excluding ortho intramolecular Hbond substituents is 1. The van der Waals surface area contributed by atoms with E-state index in [4.69, 9.17) is 9.47 Å². The van der Waals surface area contributed by atoms with Gasteiger partial charge in [0.2, 0.25) is 0 Å². The number of aliphatic hydroxyl groups is 1. The first kappa shape index (κ1) is 26.1. The first-order valence-electron chi connectivity index (χ1n) is 11.9. The molecule has 0 aromatic heterocycles. The molecule has 0 spiro atoms. The number of benzene rings is 2. The van der Waals surface area contributed by atoms with Gasteiger partial charge < -0.3 is 29.5 Å². The van der Waals surface area contributed by atoms with Gasteiger partial charge in [-0.15, -0.1) is 0 Å². The van der Waals surface area contributed by atoms with E-state index >= 15 is 0 Å². The van der Waals surface area contributed by atoms with E-state index < -0.39 is 17.7 Å². The predicted molar refractivity (Wildman–Crippen MR) is 134 cm³/mol. The molecule has 0 aliphatic carbocycles. The summed E-state index contributed by atoms with van der Waals surface area (Å²) in [7, 11) is 1.56. The number of aliphatic hydroxyl groups excluding tert-OH is 1. The topological polar surface area (TPSA) is 99.5 Å². The average Bonchev–Trinajstić information content (AvgIpc) is 3.10. The lowest BCUT2D eigenvalue weighted by atomic mass is 9.94. The van der Waals surface area contributed by atoms with Crippen LogP contribution in [0.5, 0.6) is 17.2 Å². The smallest absolute Gasteiger partial charge is 0.295 e. The van der Waals surface area contributed by atoms with E-state index in [0.717, 1.165) is 18.7 Å². The van der Waals surface area contributed by atoms with Gasteiger partial charge in [-0.2, -0.15) is 0 Å². The van der Waals surface area contributed by atoms with Gasteiger partial charge in [-0.3, -0.25) is 9.59 Å². The van der Waals surface area contributed by atoms with Crippen LogP contribution in [0, 0.1) is 6.92 Å². The standard InChI is InChI=1S/C27H34N2O6/c1-6-28(7-2)13-14-29-24(18-9-11-20(30)22(16-18)35-8-3)23(26(32)27(29)33)25(31)19-10-12-21(34-5)17(4)15-19/h9-12,15-16,24,30-31H,6-8,13-14H2,1-5H3/b25-23+. The quantitative estimate of drug-likeness (QED) is 0.301. The summed E-state index contributed by atoms with van der Waals surface area (Å²) in [4.78, 5) is 30.1. The van der Waals surface area contributed by atoms with E-state index in [2.05, 4.69) is 4.90 Å². The first-order chi connectivity index (χ1) is 16.8. The van der Waals surface area contributed by atoms with Crippen molar-refractivity contribution < 1.29 is 29.3 Å². The van der Waals surface area contributed by atoms with Gasteiger partial charge >= 0.3 is 0 Å². The molecule has 2 N–H and O–H groups in total. The highest BCUT2D eigenvalue weighted by atomic mass is 16.5. The fourth-order valence-corrected chi connectivity index (χ4v) is 4.40. The summed E-state index contributed by atoms with van der Waals surface area (Å²) in [5, 5.41) is 21.5. The number of ether oxygens (including phenoxy) is 2. The number of amides is 1. The summed E-state index contributed by atoms with van der Waals surface area (Å²) in [6.07, 6.45) is 0. The van der Waals surface area contributed by atoms with Crippen LogP contribution in [0.1, 0.15) is 43.5 Å². The Labute approximate surface area is 206 Å². The summed E-state index contributed by atoms with van der Waals surface area (Å²) in [6.45, 7) is 10.6. The molecule has 1 atom stereocenters. The largest absolute Gasteiger partial charge is 0.507 e. The van der Waals surface area contributed by atoms with Gasteiger partial charge in [0, 0.05) is 18.7 Å². The molecule has 0 bridgehead atoms. The third-order valence-electron chi connectivity index (χ3n) is 6.36. The number of carbonyl (C=O) groups excluding carboxylic acids is 2. The number of likely N-dealkylation sites (N-methyl/N-ethyl adjacent to an activating group) is 1. The molecule has 0 saturated carbocycles. The Morgan fingerprint density at radius 1 is 1.06 bits per heavy atom. The van der Waals surface area contributed by atoms with Crippen molar-refractivity contribution in [2.75, 3.05) is 39.9 Å². The van der Waals surface area contributed by atoms with E-state index in [9.17, 15) is 19.8 Å². The van der Waals surface area contributed by atoms with Crippen molar-refractivity contribution in [3.8, 4) is 17.2 Å². The van der Waals surface area contributed by atoms with E-state index in [0.29, 0.717) is 36.6 Å². The van der Waals surface area contributed by atoms with Crippen molar-refractivity contribution in [3.05, 3.63) is 58.7 Å². The Bertz CT molecular complexity index is 1120.